The summed E-state index contributed by atoms with van der Waals surface area (Å²) < 4.78 is 29.5. The van der Waals surface area contributed by atoms with E-state index in [0.29, 0.717) is 22.9 Å². The Bertz CT molecular complexity index is 998. The normalized spacial score (nSPS) is 11.5. The third kappa shape index (κ3) is 4.03. The molecule has 3 rings (SSSR count). The van der Waals surface area contributed by atoms with Gasteiger partial charge in [-0.3, -0.25) is 9.40 Å². The molecule has 130 valence electrons. The number of hydrogen-bond donors (Lipinski definition) is 1. The van der Waals surface area contributed by atoms with Gasteiger partial charge in [-0.15, -0.1) is 0 Å². The number of benzene rings is 2. The summed E-state index contributed by atoms with van der Waals surface area (Å²) in [6, 6.07) is 14.8. The Labute approximate surface area is 152 Å². The standard InChI is InChI=1S/C18H18ClN3O2S/c1-13-8-9-16(10-17(13)19)21-25(23,24)18-12-22(20-14(18)2)11-15-6-4-3-5-7-15/h3-10,12,21H,11H2,1-2H3. The Hall–Kier alpha value is -2.31. The Morgan fingerprint density at radius 2 is 1.84 bits per heavy atom. The van der Waals surface area contributed by atoms with Gasteiger partial charge in [-0.1, -0.05) is 48.0 Å². The van der Waals surface area contributed by atoms with E-state index in [-0.39, 0.29) is 4.90 Å². The van der Waals surface area contributed by atoms with Crippen LogP contribution in [0.5, 0.6) is 0 Å². The van der Waals surface area contributed by atoms with E-state index in [1.165, 1.54) is 0 Å². The van der Waals surface area contributed by atoms with Crippen molar-refractivity contribution in [3.8, 4) is 0 Å². The molecule has 1 N–H and O–H groups in total. The highest BCUT2D eigenvalue weighted by Gasteiger charge is 2.21. The second kappa shape index (κ2) is 6.90. The Morgan fingerprint density at radius 1 is 1.12 bits per heavy atom. The van der Waals surface area contributed by atoms with Gasteiger partial charge in [0.2, 0.25) is 0 Å². The fourth-order valence-electron chi connectivity index (χ4n) is 2.48. The number of aromatic nitrogens is 2. The van der Waals surface area contributed by atoms with Crippen LogP contribution in [-0.4, -0.2) is 18.2 Å². The average Bonchev–Trinajstić information content (AvgIpc) is 2.93. The maximum Gasteiger partial charge on any atom is 0.265 e. The fourth-order valence-corrected chi connectivity index (χ4v) is 3.90. The van der Waals surface area contributed by atoms with Crippen molar-refractivity contribution in [3.05, 3.63) is 76.6 Å². The molecule has 0 atom stereocenters. The van der Waals surface area contributed by atoms with Crippen LogP contribution >= 0.6 is 11.6 Å². The van der Waals surface area contributed by atoms with Gasteiger partial charge in [0.1, 0.15) is 4.90 Å². The summed E-state index contributed by atoms with van der Waals surface area (Å²) in [6.07, 6.45) is 1.54. The third-order valence-corrected chi connectivity index (χ3v) is 5.69. The molecular formula is C18H18ClN3O2S. The zero-order valence-corrected chi connectivity index (χ0v) is 15.5. The molecule has 25 heavy (non-hydrogen) atoms. The van der Waals surface area contributed by atoms with Crippen molar-refractivity contribution < 1.29 is 8.42 Å². The topological polar surface area (TPSA) is 64.0 Å². The predicted octanol–water partition coefficient (Wildman–Crippen LogP) is 4.00. The number of anilines is 1. The first-order valence-electron chi connectivity index (χ1n) is 7.72. The molecule has 0 bridgehead atoms. The van der Waals surface area contributed by atoms with Crippen molar-refractivity contribution in [1.29, 1.82) is 0 Å². The molecule has 0 aliphatic heterocycles. The van der Waals surface area contributed by atoms with E-state index in [2.05, 4.69) is 9.82 Å². The summed E-state index contributed by atoms with van der Waals surface area (Å²) in [5.74, 6) is 0. The molecule has 5 nitrogen and oxygen atoms in total. The highest BCUT2D eigenvalue weighted by Crippen LogP contribution is 2.23. The van der Waals surface area contributed by atoms with E-state index in [4.69, 9.17) is 11.6 Å². The summed E-state index contributed by atoms with van der Waals surface area (Å²) in [5, 5.41) is 4.83. The van der Waals surface area contributed by atoms with Crippen LogP contribution in [0.25, 0.3) is 0 Å². The summed E-state index contributed by atoms with van der Waals surface area (Å²) in [7, 11) is -3.74. The van der Waals surface area contributed by atoms with Crippen molar-refractivity contribution in [2.45, 2.75) is 25.3 Å². The second-order valence-corrected chi connectivity index (χ2v) is 7.89. The summed E-state index contributed by atoms with van der Waals surface area (Å²) in [5.41, 5.74) is 2.80. The Morgan fingerprint density at radius 3 is 2.52 bits per heavy atom. The van der Waals surface area contributed by atoms with Crippen LogP contribution in [0, 0.1) is 13.8 Å². The summed E-state index contributed by atoms with van der Waals surface area (Å²) in [6.45, 7) is 4.05. The van der Waals surface area contributed by atoms with Gasteiger partial charge in [0.15, 0.2) is 0 Å². The number of rotatable bonds is 5. The molecular weight excluding hydrogens is 358 g/mol. The van der Waals surface area contributed by atoms with Gasteiger partial charge in [0, 0.05) is 11.2 Å². The number of hydrogen-bond acceptors (Lipinski definition) is 3. The Balaban J connectivity index is 1.86. The lowest BCUT2D eigenvalue weighted by Gasteiger charge is -2.08. The lowest BCUT2D eigenvalue weighted by molar-refractivity contribution is 0.600. The van der Waals surface area contributed by atoms with E-state index in [1.54, 1.807) is 36.0 Å². The first-order chi connectivity index (χ1) is 11.8. The summed E-state index contributed by atoms with van der Waals surface area (Å²) >= 11 is 6.06. The maximum absolute atomic E-state index is 12.7. The minimum absolute atomic E-state index is 0.153. The van der Waals surface area contributed by atoms with Gasteiger partial charge >= 0.3 is 0 Å². The number of halogens is 1. The van der Waals surface area contributed by atoms with Crippen molar-refractivity contribution in [3.63, 3.8) is 0 Å². The van der Waals surface area contributed by atoms with Crippen molar-refractivity contribution in [2.24, 2.45) is 0 Å². The Kier molecular flexibility index (Phi) is 4.83. The van der Waals surface area contributed by atoms with Gasteiger partial charge in [-0.2, -0.15) is 5.10 Å². The lowest BCUT2D eigenvalue weighted by Crippen LogP contribution is -2.13. The van der Waals surface area contributed by atoms with Gasteiger partial charge in [-0.25, -0.2) is 8.42 Å². The van der Waals surface area contributed by atoms with Crippen LogP contribution in [0.1, 0.15) is 16.8 Å². The van der Waals surface area contributed by atoms with Crippen LogP contribution < -0.4 is 4.72 Å². The molecule has 0 saturated heterocycles. The highest BCUT2D eigenvalue weighted by atomic mass is 35.5. The smallest absolute Gasteiger partial charge is 0.265 e. The quantitative estimate of drug-likeness (QED) is 0.733. The number of nitrogens with one attached hydrogen (secondary N) is 1. The molecule has 3 aromatic rings. The number of sulfonamides is 1. The molecule has 0 unspecified atom stereocenters. The van der Waals surface area contributed by atoms with E-state index in [1.807, 2.05) is 37.3 Å². The monoisotopic (exact) mass is 375 g/mol. The minimum atomic E-state index is -3.74. The molecule has 0 spiro atoms. The molecule has 1 heterocycles. The fraction of sp³-hybridized carbons (Fsp3) is 0.167. The minimum Gasteiger partial charge on any atom is -0.279 e. The third-order valence-electron chi connectivity index (χ3n) is 3.80. The molecule has 2 aromatic carbocycles. The molecule has 0 amide bonds. The molecule has 0 aliphatic carbocycles. The van der Waals surface area contributed by atoms with Gasteiger partial charge in [0.05, 0.1) is 17.9 Å². The van der Waals surface area contributed by atoms with Crippen LogP contribution in [0.2, 0.25) is 5.02 Å². The molecule has 1 aromatic heterocycles. The first-order valence-corrected chi connectivity index (χ1v) is 9.58. The zero-order valence-electron chi connectivity index (χ0n) is 13.9. The predicted molar refractivity (Wildman–Crippen MR) is 99.5 cm³/mol. The molecule has 0 radical (unpaired) electrons. The van der Waals surface area contributed by atoms with Crippen LogP contribution in [0.4, 0.5) is 5.69 Å². The maximum atomic E-state index is 12.7. The molecule has 7 heteroatoms. The largest absolute Gasteiger partial charge is 0.279 e. The van der Waals surface area contributed by atoms with Gasteiger partial charge < -0.3 is 0 Å². The molecule has 0 aliphatic rings. The second-order valence-electron chi connectivity index (χ2n) is 5.83. The first kappa shape index (κ1) is 17.5. The van der Waals surface area contributed by atoms with Crippen molar-refractivity contribution in [2.75, 3.05) is 4.72 Å². The van der Waals surface area contributed by atoms with Crippen molar-refractivity contribution in [1.82, 2.24) is 9.78 Å². The molecule has 0 fully saturated rings. The van der Waals surface area contributed by atoms with E-state index >= 15 is 0 Å². The van der Waals surface area contributed by atoms with E-state index in [0.717, 1.165) is 11.1 Å². The highest BCUT2D eigenvalue weighted by molar-refractivity contribution is 7.92. The zero-order chi connectivity index (χ0) is 18.0. The van der Waals surface area contributed by atoms with Gasteiger partial charge in [-0.05, 0) is 37.1 Å². The van der Waals surface area contributed by atoms with Gasteiger partial charge in [0.25, 0.3) is 10.0 Å². The van der Waals surface area contributed by atoms with E-state index < -0.39 is 10.0 Å². The van der Waals surface area contributed by atoms with E-state index in [9.17, 15) is 8.42 Å². The SMILES string of the molecule is Cc1ccc(NS(=O)(=O)c2cn(Cc3ccccc3)nc2C)cc1Cl. The average molecular weight is 376 g/mol. The van der Waals surface area contributed by atoms with Crippen molar-refractivity contribution >= 4 is 27.3 Å². The van der Waals surface area contributed by atoms with Crippen LogP contribution in [0.3, 0.4) is 0 Å². The number of nitrogens with zero attached hydrogens (tertiary/aromatic N) is 2. The lowest BCUT2D eigenvalue weighted by atomic mass is 10.2. The van der Waals surface area contributed by atoms with Crippen LogP contribution in [0.15, 0.2) is 59.6 Å². The molecule has 0 saturated carbocycles. The summed E-state index contributed by atoms with van der Waals surface area (Å²) in [4.78, 5) is 0.153. The van der Waals surface area contributed by atoms with Crippen LogP contribution in [-0.2, 0) is 16.6 Å². The number of aryl methyl sites for hydroxylation is 2.